The Morgan fingerprint density at radius 1 is 1.23 bits per heavy atom. The number of fused-ring (bicyclic) bond motifs is 1. The van der Waals surface area contributed by atoms with E-state index in [0.717, 1.165) is 17.7 Å². The van der Waals surface area contributed by atoms with E-state index in [0.29, 0.717) is 5.75 Å². The van der Waals surface area contributed by atoms with Crippen LogP contribution in [0, 0.1) is 0 Å². The van der Waals surface area contributed by atoms with Gasteiger partial charge in [-0.15, -0.1) is 0 Å². The fraction of sp³-hybridized carbons (Fsp3) is 0.444. The van der Waals surface area contributed by atoms with E-state index in [-0.39, 0.29) is 29.5 Å². The molecule has 0 saturated heterocycles. The van der Waals surface area contributed by atoms with Crippen LogP contribution in [0.25, 0.3) is 0 Å². The fourth-order valence-corrected chi connectivity index (χ4v) is 3.26. The van der Waals surface area contributed by atoms with Crippen LogP contribution < -0.4 is 5.32 Å². The van der Waals surface area contributed by atoms with Crippen molar-refractivity contribution in [3.05, 3.63) is 35.4 Å². The maximum atomic E-state index is 12.6. The van der Waals surface area contributed by atoms with Crippen LogP contribution in [0.15, 0.2) is 24.3 Å². The van der Waals surface area contributed by atoms with E-state index in [9.17, 15) is 19.2 Å². The van der Waals surface area contributed by atoms with E-state index in [2.05, 4.69) is 5.32 Å². The molecule has 138 valence electrons. The number of esters is 1. The van der Waals surface area contributed by atoms with E-state index in [4.69, 9.17) is 4.74 Å². The first-order valence-corrected chi connectivity index (χ1v) is 9.84. The lowest BCUT2D eigenvalue weighted by molar-refractivity contribution is -0.152. The van der Waals surface area contributed by atoms with Crippen LogP contribution in [0.2, 0.25) is 0 Å². The summed E-state index contributed by atoms with van der Waals surface area (Å²) >= 11 is 1.50. The van der Waals surface area contributed by atoms with Gasteiger partial charge < -0.3 is 10.1 Å². The van der Waals surface area contributed by atoms with E-state index in [1.165, 1.54) is 11.8 Å². The van der Waals surface area contributed by atoms with Crippen molar-refractivity contribution in [1.82, 2.24) is 10.2 Å². The van der Waals surface area contributed by atoms with Crippen LogP contribution in [0.3, 0.4) is 0 Å². The van der Waals surface area contributed by atoms with Crippen LogP contribution in [-0.4, -0.2) is 59.3 Å². The maximum Gasteiger partial charge on any atom is 0.329 e. The van der Waals surface area contributed by atoms with Crippen molar-refractivity contribution >= 4 is 35.5 Å². The molecule has 0 radical (unpaired) electrons. The number of carbonyl (C=O) groups is 4. The molecule has 0 unspecified atom stereocenters. The largest absolute Gasteiger partial charge is 0.454 e. The molecule has 0 spiro atoms. The van der Waals surface area contributed by atoms with E-state index in [1.807, 2.05) is 6.26 Å². The van der Waals surface area contributed by atoms with Crippen molar-refractivity contribution in [2.45, 2.75) is 31.3 Å². The third-order valence-corrected chi connectivity index (χ3v) is 4.94. The molecule has 1 heterocycles. The highest BCUT2D eigenvalue weighted by Gasteiger charge is 2.43. The molecule has 3 rings (SSSR count). The van der Waals surface area contributed by atoms with Gasteiger partial charge in [0, 0.05) is 6.04 Å². The summed E-state index contributed by atoms with van der Waals surface area (Å²) in [5.41, 5.74) is 0.567. The normalized spacial score (nSPS) is 17.0. The SMILES string of the molecule is CSCC[C@@H](C(=O)OCC(=O)NC1CC1)N1C(=O)c2ccccc2C1=O. The zero-order valence-electron chi connectivity index (χ0n) is 14.4. The van der Waals surface area contributed by atoms with Gasteiger partial charge in [0.2, 0.25) is 0 Å². The Hall–Kier alpha value is -2.35. The molecule has 1 atom stereocenters. The molecule has 0 bridgehead atoms. The average molecular weight is 376 g/mol. The summed E-state index contributed by atoms with van der Waals surface area (Å²) in [5, 5.41) is 2.72. The van der Waals surface area contributed by atoms with Gasteiger partial charge in [0.1, 0.15) is 6.04 Å². The first-order chi connectivity index (χ1) is 12.5. The summed E-state index contributed by atoms with van der Waals surface area (Å²) in [6.07, 6.45) is 4.01. The number of hydrogen-bond donors (Lipinski definition) is 1. The number of imide groups is 1. The molecule has 1 fully saturated rings. The number of nitrogens with zero attached hydrogens (tertiary/aromatic N) is 1. The molecule has 2 aliphatic rings. The van der Waals surface area contributed by atoms with Gasteiger partial charge in [-0.2, -0.15) is 11.8 Å². The smallest absolute Gasteiger partial charge is 0.329 e. The van der Waals surface area contributed by atoms with Gasteiger partial charge in [0.05, 0.1) is 11.1 Å². The minimum atomic E-state index is -1.04. The van der Waals surface area contributed by atoms with Gasteiger partial charge in [0.15, 0.2) is 6.61 Å². The molecule has 0 aromatic heterocycles. The summed E-state index contributed by atoms with van der Waals surface area (Å²) in [6.45, 7) is -0.408. The van der Waals surface area contributed by atoms with Crippen molar-refractivity contribution in [2.75, 3.05) is 18.6 Å². The summed E-state index contributed by atoms with van der Waals surface area (Å²) in [7, 11) is 0. The van der Waals surface area contributed by atoms with Gasteiger partial charge >= 0.3 is 5.97 Å². The number of rotatable bonds is 8. The Kier molecular flexibility index (Phi) is 5.61. The Morgan fingerprint density at radius 3 is 2.38 bits per heavy atom. The zero-order valence-corrected chi connectivity index (χ0v) is 15.2. The predicted octanol–water partition coefficient (Wildman–Crippen LogP) is 1.23. The van der Waals surface area contributed by atoms with Crippen molar-refractivity contribution in [1.29, 1.82) is 0 Å². The number of nitrogens with one attached hydrogen (secondary N) is 1. The molecular weight excluding hydrogens is 356 g/mol. The molecule has 8 heteroatoms. The Balaban J connectivity index is 1.71. The molecule has 1 aromatic carbocycles. The monoisotopic (exact) mass is 376 g/mol. The van der Waals surface area contributed by atoms with Gasteiger partial charge in [-0.05, 0) is 43.4 Å². The van der Waals surface area contributed by atoms with Crippen molar-refractivity contribution in [2.24, 2.45) is 0 Å². The standard InChI is InChI=1S/C18H20N2O5S/c1-26-9-8-14(18(24)25-10-15(21)19-11-6-7-11)20-16(22)12-4-2-3-5-13(12)17(20)23/h2-5,11,14H,6-10H2,1H3,(H,19,21)/t14-/m0/s1. The van der Waals surface area contributed by atoms with Crippen molar-refractivity contribution < 1.29 is 23.9 Å². The van der Waals surface area contributed by atoms with Gasteiger partial charge in [0.25, 0.3) is 17.7 Å². The van der Waals surface area contributed by atoms with Crippen LogP contribution in [0.4, 0.5) is 0 Å². The topological polar surface area (TPSA) is 92.8 Å². The first-order valence-electron chi connectivity index (χ1n) is 8.44. The second kappa shape index (κ2) is 7.90. The van der Waals surface area contributed by atoms with E-state index < -0.39 is 30.4 Å². The summed E-state index contributed by atoms with van der Waals surface area (Å²) in [4.78, 5) is 50.4. The minimum absolute atomic E-state index is 0.171. The van der Waals surface area contributed by atoms with Gasteiger partial charge in [-0.1, -0.05) is 12.1 Å². The fourth-order valence-electron chi connectivity index (χ4n) is 2.80. The molecular formula is C18H20N2O5S. The number of carbonyl (C=O) groups excluding carboxylic acids is 4. The second-order valence-corrected chi connectivity index (χ2v) is 7.26. The lowest BCUT2D eigenvalue weighted by Crippen LogP contribution is -2.46. The highest BCUT2D eigenvalue weighted by Crippen LogP contribution is 2.26. The maximum absolute atomic E-state index is 12.6. The number of benzene rings is 1. The lowest BCUT2D eigenvalue weighted by Gasteiger charge is -2.24. The quantitative estimate of drug-likeness (QED) is 0.542. The molecule has 26 heavy (non-hydrogen) atoms. The molecule has 1 saturated carbocycles. The Bertz CT molecular complexity index is 712. The van der Waals surface area contributed by atoms with Crippen molar-refractivity contribution in [3.8, 4) is 0 Å². The summed E-state index contributed by atoms with van der Waals surface area (Å²) in [5.74, 6) is -1.54. The Morgan fingerprint density at radius 2 is 1.85 bits per heavy atom. The van der Waals surface area contributed by atoms with Crippen LogP contribution >= 0.6 is 11.8 Å². The molecule has 1 N–H and O–H groups in total. The molecule has 7 nitrogen and oxygen atoms in total. The highest BCUT2D eigenvalue weighted by molar-refractivity contribution is 7.98. The third kappa shape index (κ3) is 3.90. The summed E-state index contributed by atoms with van der Waals surface area (Å²) < 4.78 is 5.09. The average Bonchev–Trinajstić information content (AvgIpc) is 3.42. The third-order valence-electron chi connectivity index (χ3n) is 4.29. The second-order valence-electron chi connectivity index (χ2n) is 6.27. The highest BCUT2D eigenvalue weighted by atomic mass is 32.2. The number of thioether (sulfide) groups is 1. The van der Waals surface area contributed by atoms with Gasteiger partial charge in [-0.3, -0.25) is 19.3 Å². The first kappa shape index (κ1) is 18.4. The summed E-state index contributed by atoms with van der Waals surface area (Å²) in [6, 6.07) is 5.61. The van der Waals surface area contributed by atoms with Gasteiger partial charge in [-0.25, -0.2) is 4.79 Å². The van der Waals surface area contributed by atoms with E-state index >= 15 is 0 Å². The van der Waals surface area contributed by atoms with Crippen LogP contribution in [0.5, 0.6) is 0 Å². The number of amides is 3. The van der Waals surface area contributed by atoms with Crippen LogP contribution in [-0.2, 0) is 14.3 Å². The Labute approximate surface area is 155 Å². The number of hydrogen-bond acceptors (Lipinski definition) is 6. The van der Waals surface area contributed by atoms with Crippen LogP contribution in [0.1, 0.15) is 40.0 Å². The molecule has 1 aromatic rings. The van der Waals surface area contributed by atoms with E-state index in [1.54, 1.807) is 24.3 Å². The minimum Gasteiger partial charge on any atom is -0.454 e. The lowest BCUT2D eigenvalue weighted by atomic mass is 10.1. The predicted molar refractivity (Wildman–Crippen MR) is 95.9 cm³/mol. The zero-order chi connectivity index (χ0) is 18.7. The van der Waals surface area contributed by atoms with Crippen molar-refractivity contribution in [3.63, 3.8) is 0 Å². The molecule has 1 aliphatic heterocycles. The number of ether oxygens (including phenoxy) is 1. The molecule has 1 aliphatic carbocycles. The molecule has 3 amide bonds.